The first kappa shape index (κ1) is 15.3. The summed E-state index contributed by atoms with van der Waals surface area (Å²) in [6.45, 7) is 2.29. The molecule has 0 radical (unpaired) electrons. The Balaban J connectivity index is 1.74. The molecule has 1 aromatic carbocycles. The lowest BCUT2D eigenvalue weighted by Gasteiger charge is -2.21. The number of anilines is 1. The van der Waals surface area contributed by atoms with E-state index in [0.29, 0.717) is 25.2 Å². The molecule has 0 spiro atoms. The number of aromatic nitrogens is 2. The van der Waals surface area contributed by atoms with E-state index in [0.717, 1.165) is 35.3 Å². The molecule has 1 saturated heterocycles. The van der Waals surface area contributed by atoms with Gasteiger partial charge in [-0.25, -0.2) is 22.7 Å². The number of para-hydroxylation sites is 1. The van der Waals surface area contributed by atoms with E-state index in [1.165, 1.54) is 10.6 Å². The van der Waals surface area contributed by atoms with Crippen LogP contribution < -0.4 is 4.90 Å². The molecule has 3 heterocycles. The average Bonchev–Trinajstić information content (AvgIpc) is 2.75. The molecule has 0 bridgehead atoms. The van der Waals surface area contributed by atoms with Gasteiger partial charge in [-0.05, 0) is 18.6 Å². The fraction of sp³-hybridized carbons (Fsp3) is 0.375. The standard InChI is InChI=1S/C16H18N4O3S/c1-24(21,22)20-8-4-7-19(9-10-20)16-15-14(17-11-18-16)12-5-2-3-6-13(12)23-15/h2-3,5-6,11H,4,7-10H2,1H3. The largest absolute Gasteiger partial charge is 0.450 e. The van der Waals surface area contributed by atoms with Crippen molar-refractivity contribution >= 4 is 37.9 Å². The highest BCUT2D eigenvalue weighted by molar-refractivity contribution is 7.88. The Kier molecular flexibility index (Phi) is 3.65. The second-order valence-corrected chi connectivity index (χ2v) is 7.96. The Labute approximate surface area is 139 Å². The molecule has 2 aromatic heterocycles. The quantitative estimate of drug-likeness (QED) is 0.704. The molecule has 7 nitrogen and oxygen atoms in total. The van der Waals surface area contributed by atoms with Gasteiger partial charge in [-0.3, -0.25) is 0 Å². The SMILES string of the molecule is CS(=O)(=O)N1CCCN(c2ncnc3c2oc2ccccc23)CC1. The Morgan fingerprint density at radius 2 is 1.92 bits per heavy atom. The van der Waals surface area contributed by atoms with Gasteiger partial charge in [0, 0.05) is 31.6 Å². The summed E-state index contributed by atoms with van der Waals surface area (Å²) < 4.78 is 31.0. The average molecular weight is 346 g/mol. The topological polar surface area (TPSA) is 79.5 Å². The van der Waals surface area contributed by atoms with Gasteiger partial charge in [-0.2, -0.15) is 0 Å². The lowest BCUT2D eigenvalue weighted by atomic mass is 10.2. The summed E-state index contributed by atoms with van der Waals surface area (Å²) in [7, 11) is -3.17. The fourth-order valence-corrected chi connectivity index (χ4v) is 4.05. The van der Waals surface area contributed by atoms with E-state index < -0.39 is 10.0 Å². The summed E-state index contributed by atoms with van der Waals surface area (Å²) in [5, 5.41) is 0.962. The molecule has 0 unspecified atom stereocenters. The van der Waals surface area contributed by atoms with Crippen LogP contribution >= 0.6 is 0 Å². The Morgan fingerprint density at radius 1 is 1.08 bits per heavy atom. The van der Waals surface area contributed by atoms with Crippen LogP contribution in [-0.4, -0.2) is 55.1 Å². The maximum absolute atomic E-state index is 11.8. The maximum atomic E-state index is 11.8. The van der Waals surface area contributed by atoms with Crippen LogP contribution in [0.1, 0.15) is 6.42 Å². The van der Waals surface area contributed by atoms with Gasteiger partial charge >= 0.3 is 0 Å². The maximum Gasteiger partial charge on any atom is 0.211 e. The van der Waals surface area contributed by atoms with Crippen LogP contribution in [0, 0.1) is 0 Å². The third-order valence-electron chi connectivity index (χ3n) is 4.36. The van der Waals surface area contributed by atoms with Crippen molar-refractivity contribution in [3.05, 3.63) is 30.6 Å². The number of hydrogen-bond acceptors (Lipinski definition) is 6. The summed E-state index contributed by atoms with van der Waals surface area (Å²) in [6.07, 6.45) is 3.54. The van der Waals surface area contributed by atoms with E-state index in [1.54, 1.807) is 6.33 Å². The van der Waals surface area contributed by atoms with E-state index in [4.69, 9.17) is 4.42 Å². The molecule has 0 N–H and O–H groups in total. The van der Waals surface area contributed by atoms with Gasteiger partial charge in [0.2, 0.25) is 10.0 Å². The number of benzene rings is 1. The minimum absolute atomic E-state index is 0.449. The zero-order chi connectivity index (χ0) is 16.7. The molecule has 0 amide bonds. The van der Waals surface area contributed by atoms with Crippen molar-refractivity contribution in [2.45, 2.75) is 6.42 Å². The van der Waals surface area contributed by atoms with Crippen molar-refractivity contribution in [1.29, 1.82) is 0 Å². The van der Waals surface area contributed by atoms with E-state index in [9.17, 15) is 8.42 Å². The predicted octanol–water partition coefficient (Wildman–Crippen LogP) is 1.85. The van der Waals surface area contributed by atoms with Crippen molar-refractivity contribution in [1.82, 2.24) is 14.3 Å². The molecule has 24 heavy (non-hydrogen) atoms. The van der Waals surface area contributed by atoms with Crippen LogP contribution in [-0.2, 0) is 10.0 Å². The van der Waals surface area contributed by atoms with Crippen molar-refractivity contribution in [3.63, 3.8) is 0 Å². The summed E-state index contributed by atoms with van der Waals surface area (Å²) in [4.78, 5) is 10.9. The Morgan fingerprint density at radius 3 is 2.75 bits per heavy atom. The lowest BCUT2D eigenvalue weighted by molar-refractivity contribution is 0.437. The number of nitrogens with zero attached hydrogens (tertiary/aromatic N) is 4. The summed E-state index contributed by atoms with van der Waals surface area (Å²) >= 11 is 0. The molecule has 8 heteroatoms. The first-order valence-electron chi connectivity index (χ1n) is 7.86. The smallest absolute Gasteiger partial charge is 0.211 e. The van der Waals surface area contributed by atoms with Gasteiger partial charge in [-0.15, -0.1) is 0 Å². The van der Waals surface area contributed by atoms with Gasteiger partial charge in [0.1, 0.15) is 17.4 Å². The number of fused-ring (bicyclic) bond motifs is 3. The zero-order valence-corrected chi connectivity index (χ0v) is 14.2. The van der Waals surface area contributed by atoms with Gasteiger partial charge in [0.25, 0.3) is 0 Å². The number of rotatable bonds is 2. The minimum atomic E-state index is -3.17. The Hall–Kier alpha value is -2.19. The van der Waals surface area contributed by atoms with Crippen LogP contribution in [0.25, 0.3) is 22.1 Å². The normalized spacial score (nSPS) is 17.5. The Bertz CT molecular complexity index is 999. The van der Waals surface area contributed by atoms with Gasteiger partial charge < -0.3 is 9.32 Å². The molecular weight excluding hydrogens is 328 g/mol. The van der Waals surface area contributed by atoms with E-state index >= 15 is 0 Å². The van der Waals surface area contributed by atoms with E-state index in [1.807, 2.05) is 24.3 Å². The van der Waals surface area contributed by atoms with Gasteiger partial charge in [-0.1, -0.05) is 12.1 Å². The molecular formula is C16H18N4O3S. The van der Waals surface area contributed by atoms with Crippen LogP contribution in [0.15, 0.2) is 35.0 Å². The lowest BCUT2D eigenvalue weighted by Crippen LogP contribution is -2.34. The third-order valence-corrected chi connectivity index (χ3v) is 5.67. The molecule has 1 aliphatic rings. The number of furan rings is 1. The van der Waals surface area contributed by atoms with Crippen LogP contribution in [0.2, 0.25) is 0 Å². The number of hydrogen-bond donors (Lipinski definition) is 0. The second-order valence-electron chi connectivity index (χ2n) is 5.98. The first-order valence-corrected chi connectivity index (χ1v) is 9.71. The predicted molar refractivity (Wildman–Crippen MR) is 92.6 cm³/mol. The highest BCUT2D eigenvalue weighted by Crippen LogP contribution is 2.32. The van der Waals surface area contributed by atoms with Gasteiger partial charge in [0.15, 0.2) is 11.4 Å². The van der Waals surface area contributed by atoms with Crippen molar-refractivity contribution < 1.29 is 12.8 Å². The van der Waals surface area contributed by atoms with Gasteiger partial charge in [0.05, 0.1) is 6.26 Å². The highest BCUT2D eigenvalue weighted by Gasteiger charge is 2.24. The zero-order valence-electron chi connectivity index (χ0n) is 13.3. The summed E-state index contributed by atoms with van der Waals surface area (Å²) in [5.41, 5.74) is 2.23. The van der Waals surface area contributed by atoms with Crippen molar-refractivity contribution in [2.75, 3.05) is 37.3 Å². The molecule has 1 fully saturated rings. The number of sulfonamides is 1. The summed E-state index contributed by atoms with van der Waals surface area (Å²) in [5.74, 6) is 0.728. The second kappa shape index (κ2) is 5.71. The molecule has 0 atom stereocenters. The highest BCUT2D eigenvalue weighted by atomic mass is 32.2. The first-order chi connectivity index (χ1) is 11.5. The van der Waals surface area contributed by atoms with Crippen LogP contribution in [0.3, 0.4) is 0 Å². The minimum Gasteiger partial charge on any atom is -0.450 e. The molecule has 4 rings (SSSR count). The molecule has 1 aliphatic heterocycles. The van der Waals surface area contributed by atoms with E-state index in [2.05, 4.69) is 14.9 Å². The van der Waals surface area contributed by atoms with Crippen LogP contribution in [0.5, 0.6) is 0 Å². The molecule has 126 valence electrons. The van der Waals surface area contributed by atoms with Crippen molar-refractivity contribution in [3.8, 4) is 0 Å². The monoisotopic (exact) mass is 346 g/mol. The third kappa shape index (κ3) is 2.61. The van der Waals surface area contributed by atoms with Crippen LogP contribution in [0.4, 0.5) is 5.82 Å². The molecule has 0 aliphatic carbocycles. The van der Waals surface area contributed by atoms with E-state index in [-0.39, 0.29) is 0 Å². The molecule has 0 saturated carbocycles. The fourth-order valence-electron chi connectivity index (χ4n) is 3.17. The van der Waals surface area contributed by atoms with Crippen molar-refractivity contribution in [2.24, 2.45) is 0 Å². The molecule has 3 aromatic rings. The summed E-state index contributed by atoms with van der Waals surface area (Å²) in [6, 6.07) is 7.77.